The number of hydrogen-bond acceptors (Lipinski definition) is 2. The van der Waals surface area contributed by atoms with Gasteiger partial charge in [0.15, 0.2) is 0 Å². The monoisotopic (exact) mass is 258 g/mol. The third kappa shape index (κ3) is 1.90. The molecule has 3 heteroatoms. The first-order valence-electron chi connectivity index (χ1n) is 4.42. The smallest absolute Gasteiger partial charge is 0.101 e. The average molecular weight is 259 g/mol. The summed E-state index contributed by atoms with van der Waals surface area (Å²) in [6.07, 6.45) is 3.27. The summed E-state index contributed by atoms with van der Waals surface area (Å²) in [5.74, 6) is 0. The SMILES string of the molecule is N#Cc1cnccc1-c1ccccc1Br. The zero-order valence-electron chi connectivity index (χ0n) is 7.81. The number of hydrogen-bond donors (Lipinski definition) is 0. The van der Waals surface area contributed by atoms with Crippen molar-refractivity contribution in [2.24, 2.45) is 0 Å². The van der Waals surface area contributed by atoms with Crippen LogP contribution in [0.2, 0.25) is 0 Å². The summed E-state index contributed by atoms with van der Waals surface area (Å²) < 4.78 is 0.979. The van der Waals surface area contributed by atoms with Crippen molar-refractivity contribution in [1.29, 1.82) is 5.26 Å². The van der Waals surface area contributed by atoms with Crippen LogP contribution in [0.4, 0.5) is 0 Å². The van der Waals surface area contributed by atoms with E-state index in [-0.39, 0.29) is 0 Å². The molecule has 72 valence electrons. The number of nitriles is 1. The number of benzene rings is 1. The molecule has 0 saturated heterocycles. The van der Waals surface area contributed by atoms with Crippen molar-refractivity contribution >= 4 is 15.9 Å². The largest absolute Gasteiger partial charge is 0.263 e. The van der Waals surface area contributed by atoms with Crippen LogP contribution in [0.3, 0.4) is 0 Å². The first-order chi connectivity index (χ1) is 7.33. The third-order valence-electron chi connectivity index (χ3n) is 2.11. The summed E-state index contributed by atoms with van der Waals surface area (Å²) in [5.41, 5.74) is 2.50. The van der Waals surface area contributed by atoms with E-state index in [9.17, 15) is 0 Å². The van der Waals surface area contributed by atoms with Gasteiger partial charge in [-0.05, 0) is 17.7 Å². The van der Waals surface area contributed by atoms with Gasteiger partial charge in [0.25, 0.3) is 0 Å². The molecule has 2 nitrogen and oxygen atoms in total. The molecule has 2 aromatic rings. The van der Waals surface area contributed by atoms with Gasteiger partial charge in [0.05, 0.1) is 5.56 Å². The maximum atomic E-state index is 8.97. The van der Waals surface area contributed by atoms with Crippen molar-refractivity contribution in [2.75, 3.05) is 0 Å². The van der Waals surface area contributed by atoms with Crippen LogP contribution in [-0.2, 0) is 0 Å². The van der Waals surface area contributed by atoms with E-state index in [1.807, 2.05) is 30.3 Å². The lowest BCUT2D eigenvalue weighted by Gasteiger charge is -2.05. The molecule has 1 heterocycles. The molecule has 0 aliphatic carbocycles. The fourth-order valence-corrected chi connectivity index (χ4v) is 1.90. The van der Waals surface area contributed by atoms with E-state index >= 15 is 0 Å². The molecule has 0 aliphatic rings. The normalized spacial score (nSPS) is 9.60. The lowest BCUT2D eigenvalue weighted by Crippen LogP contribution is -1.86. The van der Waals surface area contributed by atoms with E-state index in [0.29, 0.717) is 5.56 Å². The molecule has 0 spiro atoms. The molecule has 0 amide bonds. The molecule has 0 fully saturated rings. The van der Waals surface area contributed by atoms with Gasteiger partial charge in [0, 0.05) is 22.4 Å². The third-order valence-corrected chi connectivity index (χ3v) is 2.80. The second kappa shape index (κ2) is 4.24. The maximum Gasteiger partial charge on any atom is 0.101 e. The van der Waals surface area contributed by atoms with E-state index in [4.69, 9.17) is 5.26 Å². The Kier molecular flexibility index (Phi) is 2.79. The van der Waals surface area contributed by atoms with Crippen molar-refractivity contribution in [3.63, 3.8) is 0 Å². The number of rotatable bonds is 1. The zero-order chi connectivity index (χ0) is 10.7. The fourth-order valence-electron chi connectivity index (χ4n) is 1.40. The van der Waals surface area contributed by atoms with Crippen molar-refractivity contribution in [3.8, 4) is 17.2 Å². The van der Waals surface area contributed by atoms with Gasteiger partial charge < -0.3 is 0 Å². The molecule has 0 bridgehead atoms. The van der Waals surface area contributed by atoms with Gasteiger partial charge in [-0.2, -0.15) is 5.26 Å². The molecule has 0 radical (unpaired) electrons. The van der Waals surface area contributed by atoms with Crippen LogP contribution in [0.1, 0.15) is 5.56 Å². The van der Waals surface area contributed by atoms with E-state index in [1.165, 1.54) is 0 Å². The van der Waals surface area contributed by atoms with E-state index < -0.39 is 0 Å². The molecule has 15 heavy (non-hydrogen) atoms. The topological polar surface area (TPSA) is 36.7 Å². The average Bonchev–Trinajstić information content (AvgIpc) is 2.30. The Bertz CT molecular complexity index is 529. The molecule has 0 saturated carbocycles. The lowest BCUT2D eigenvalue weighted by atomic mass is 10.0. The van der Waals surface area contributed by atoms with Crippen LogP contribution >= 0.6 is 15.9 Å². The van der Waals surface area contributed by atoms with Gasteiger partial charge in [-0.25, -0.2) is 0 Å². The summed E-state index contributed by atoms with van der Waals surface area (Å²) in [4.78, 5) is 3.93. The highest BCUT2D eigenvalue weighted by Crippen LogP contribution is 2.29. The Hall–Kier alpha value is -1.66. The minimum absolute atomic E-state index is 0.587. The molecule has 0 N–H and O–H groups in total. The molecule has 1 aromatic carbocycles. The number of nitrogens with zero attached hydrogens (tertiary/aromatic N) is 2. The van der Waals surface area contributed by atoms with Crippen molar-refractivity contribution < 1.29 is 0 Å². The minimum Gasteiger partial charge on any atom is -0.263 e. The van der Waals surface area contributed by atoms with Crippen LogP contribution in [0.25, 0.3) is 11.1 Å². The minimum atomic E-state index is 0.587. The first kappa shape index (κ1) is 9.88. The van der Waals surface area contributed by atoms with Crippen LogP contribution < -0.4 is 0 Å². The fraction of sp³-hybridized carbons (Fsp3) is 0. The Labute approximate surface area is 96.3 Å². The van der Waals surface area contributed by atoms with Crippen molar-refractivity contribution in [2.45, 2.75) is 0 Å². The standard InChI is InChI=1S/C12H7BrN2/c13-12-4-2-1-3-11(12)10-5-6-15-8-9(10)7-14/h1-6,8H. The number of aromatic nitrogens is 1. The maximum absolute atomic E-state index is 8.97. The Morgan fingerprint density at radius 2 is 1.93 bits per heavy atom. The van der Waals surface area contributed by atoms with E-state index in [1.54, 1.807) is 12.4 Å². The molecular weight excluding hydrogens is 252 g/mol. The van der Waals surface area contributed by atoms with Crippen LogP contribution in [0, 0.1) is 11.3 Å². The highest BCUT2D eigenvalue weighted by Gasteiger charge is 2.06. The Balaban J connectivity index is 2.65. The van der Waals surface area contributed by atoms with Crippen LogP contribution in [-0.4, -0.2) is 4.98 Å². The molecule has 0 atom stereocenters. The molecule has 0 unspecified atom stereocenters. The Morgan fingerprint density at radius 3 is 2.67 bits per heavy atom. The summed E-state index contributed by atoms with van der Waals surface area (Å²) >= 11 is 3.47. The van der Waals surface area contributed by atoms with Gasteiger partial charge in [-0.3, -0.25) is 4.98 Å². The number of pyridine rings is 1. The van der Waals surface area contributed by atoms with Crippen LogP contribution in [0.15, 0.2) is 47.2 Å². The predicted molar refractivity (Wildman–Crippen MR) is 62.1 cm³/mol. The summed E-state index contributed by atoms with van der Waals surface area (Å²) in [7, 11) is 0. The van der Waals surface area contributed by atoms with Gasteiger partial charge in [-0.1, -0.05) is 34.1 Å². The summed E-state index contributed by atoms with van der Waals surface area (Å²) in [6.45, 7) is 0. The second-order valence-electron chi connectivity index (χ2n) is 3.01. The van der Waals surface area contributed by atoms with Gasteiger partial charge in [0.2, 0.25) is 0 Å². The lowest BCUT2D eigenvalue weighted by molar-refractivity contribution is 1.30. The Morgan fingerprint density at radius 1 is 1.13 bits per heavy atom. The van der Waals surface area contributed by atoms with Gasteiger partial charge in [-0.15, -0.1) is 0 Å². The highest BCUT2D eigenvalue weighted by atomic mass is 79.9. The molecule has 1 aromatic heterocycles. The predicted octanol–water partition coefficient (Wildman–Crippen LogP) is 3.38. The van der Waals surface area contributed by atoms with E-state index in [0.717, 1.165) is 15.6 Å². The quantitative estimate of drug-likeness (QED) is 0.787. The van der Waals surface area contributed by atoms with Crippen molar-refractivity contribution in [1.82, 2.24) is 4.98 Å². The van der Waals surface area contributed by atoms with Crippen molar-refractivity contribution in [3.05, 3.63) is 52.8 Å². The zero-order valence-corrected chi connectivity index (χ0v) is 9.40. The van der Waals surface area contributed by atoms with Gasteiger partial charge >= 0.3 is 0 Å². The number of halogens is 1. The summed E-state index contributed by atoms with van der Waals surface area (Å²) in [6, 6.07) is 11.8. The second-order valence-corrected chi connectivity index (χ2v) is 3.87. The van der Waals surface area contributed by atoms with E-state index in [2.05, 4.69) is 27.0 Å². The molecule has 0 aliphatic heterocycles. The van der Waals surface area contributed by atoms with Crippen LogP contribution in [0.5, 0.6) is 0 Å². The molecular formula is C12H7BrN2. The highest BCUT2D eigenvalue weighted by molar-refractivity contribution is 9.10. The van der Waals surface area contributed by atoms with Gasteiger partial charge in [0.1, 0.15) is 6.07 Å². The first-order valence-corrected chi connectivity index (χ1v) is 5.21. The summed E-state index contributed by atoms with van der Waals surface area (Å²) in [5, 5.41) is 8.97. The molecule has 2 rings (SSSR count).